The van der Waals surface area contributed by atoms with Crippen molar-refractivity contribution in [2.45, 2.75) is 20.1 Å². The van der Waals surface area contributed by atoms with Crippen LogP contribution < -0.4 is 11.1 Å². The molecule has 0 bridgehead atoms. The first-order valence-corrected chi connectivity index (χ1v) is 9.96. The molecule has 0 saturated heterocycles. The van der Waals surface area contributed by atoms with Crippen molar-refractivity contribution in [1.29, 1.82) is 0 Å². The summed E-state index contributed by atoms with van der Waals surface area (Å²) in [7, 11) is 3.43. The molecule has 4 aromatic rings. The van der Waals surface area contributed by atoms with E-state index in [0.29, 0.717) is 40.9 Å². The van der Waals surface area contributed by atoms with Gasteiger partial charge in [-0.1, -0.05) is 6.07 Å². The summed E-state index contributed by atoms with van der Waals surface area (Å²) in [5, 5.41) is 8.26. The maximum absolute atomic E-state index is 14.9. The minimum atomic E-state index is -0.629. The molecule has 0 atom stereocenters. The first-order valence-electron chi connectivity index (χ1n) is 9.96. The number of aryl methyl sites for hydroxylation is 2. The van der Waals surface area contributed by atoms with E-state index in [1.165, 1.54) is 12.3 Å². The third-order valence-electron chi connectivity index (χ3n) is 5.20. The number of carbonyl (C=O) groups is 1. The van der Waals surface area contributed by atoms with Gasteiger partial charge in [0, 0.05) is 55.3 Å². The van der Waals surface area contributed by atoms with E-state index < -0.39 is 11.7 Å². The average molecular weight is 434 g/mol. The molecule has 1 aromatic carbocycles. The fourth-order valence-electron chi connectivity index (χ4n) is 3.63. The maximum atomic E-state index is 14.9. The number of primary amides is 1. The number of nitrogens with two attached hydrogens (primary N) is 1. The SMILES string of the molecule is COCc1ccc(-c2cc3c(NCc4nn(C)cc4C)c(C(N)=O)cnc3cc2F)cn1. The van der Waals surface area contributed by atoms with E-state index in [1.54, 1.807) is 36.2 Å². The number of anilines is 1. The number of amides is 1. The summed E-state index contributed by atoms with van der Waals surface area (Å²) in [6.07, 6.45) is 4.86. The second kappa shape index (κ2) is 8.72. The van der Waals surface area contributed by atoms with Gasteiger partial charge in [-0.2, -0.15) is 5.10 Å². The first-order chi connectivity index (χ1) is 15.4. The lowest BCUT2D eigenvalue weighted by atomic mass is 10.0. The number of rotatable bonds is 7. The van der Waals surface area contributed by atoms with Gasteiger partial charge in [-0.15, -0.1) is 0 Å². The molecule has 0 spiro atoms. The third kappa shape index (κ3) is 4.15. The zero-order valence-electron chi connectivity index (χ0n) is 18.0. The predicted molar refractivity (Wildman–Crippen MR) is 119 cm³/mol. The maximum Gasteiger partial charge on any atom is 0.252 e. The second-order valence-corrected chi connectivity index (χ2v) is 7.52. The minimum absolute atomic E-state index is 0.220. The average Bonchev–Trinajstić information content (AvgIpc) is 3.09. The van der Waals surface area contributed by atoms with Gasteiger partial charge in [0.2, 0.25) is 0 Å². The van der Waals surface area contributed by atoms with Gasteiger partial charge in [0.25, 0.3) is 5.91 Å². The van der Waals surface area contributed by atoms with E-state index >= 15 is 0 Å². The number of fused-ring (bicyclic) bond motifs is 1. The zero-order valence-corrected chi connectivity index (χ0v) is 18.0. The highest BCUT2D eigenvalue weighted by Gasteiger charge is 2.17. The summed E-state index contributed by atoms with van der Waals surface area (Å²) < 4.78 is 21.7. The van der Waals surface area contributed by atoms with Crippen LogP contribution in [0.15, 0.2) is 42.9 Å². The highest BCUT2D eigenvalue weighted by atomic mass is 19.1. The number of halogens is 1. The Kier molecular flexibility index (Phi) is 5.83. The topological polar surface area (TPSA) is 108 Å². The summed E-state index contributed by atoms with van der Waals surface area (Å²) >= 11 is 0. The summed E-state index contributed by atoms with van der Waals surface area (Å²) in [6.45, 7) is 2.69. The molecule has 0 radical (unpaired) electrons. The Bertz CT molecular complexity index is 1300. The van der Waals surface area contributed by atoms with Crippen molar-refractivity contribution in [1.82, 2.24) is 19.7 Å². The van der Waals surface area contributed by atoms with E-state index in [-0.39, 0.29) is 5.56 Å². The molecule has 9 heteroatoms. The van der Waals surface area contributed by atoms with Gasteiger partial charge in [0.15, 0.2) is 0 Å². The van der Waals surface area contributed by atoms with Crippen LogP contribution in [0.3, 0.4) is 0 Å². The van der Waals surface area contributed by atoms with E-state index in [1.807, 2.05) is 20.2 Å². The number of carbonyl (C=O) groups excluding carboxylic acids is 1. The summed E-state index contributed by atoms with van der Waals surface area (Å²) in [6, 6.07) is 6.56. The molecule has 0 fully saturated rings. The third-order valence-corrected chi connectivity index (χ3v) is 5.20. The van der Waals surface area contributed by atoms with E-state index in [0.717, 1.165) is 17.0 Å². The molecule has 0 aliphatic carbocycles. The number of nitrogens with zero attached hydrogens (tertiary/aromatic N) is 4. The van der Waals surface area contributed by atoms with Crippen molar-refractivity contribution < 1.29 is 13.9 Å². The summed E-state index contributed by atoms with van der Waals surface area (Å²) in [5.41, 5.74) is 10.2. The van der Waals surface area contributed by atoms with Crippen LogP contribution in [-0.4, -0.2) is 32.8 Å². The van der Waals surface area contributed by atoms with Gasteiger partial charge in [0.1, 0.15) is 5.82 Å². The number of pyridine rings is 2. The summed E-state index contributed by atoms with van der Waals surface area (Å²) in [5.74, 6) is -1.07. The summed E-state index contributed by atoms with van der Waals surface area (Å²) in [4.78, 5) is 20.7. The molecule has 0 unspecified atom stereocenters. The van der Waals surface area contributed by atoms with Crippen molar-refractivity contribution in [3.8, 4) is 11.1 Å². The lowest BCUT2D eigenvalue weighted by Gasteiger charge is -2.14. The molecule has 0 aliphatic rings. The Morgan fingerprint density at radius 2 is 2.06 bits per heavy atom. The number of hydrogen-bond donors (Lipinski definition) is 2. The largest absolute Gasteiger partial charge is 0.378 e. The lowest BCUT2D eigenvalue weighted by molar-refractivity contribution is 0.100. The van der Waals surface area contributed by atoms with Crippen LogP contribution in [0.4, 0.5) is 10.1 Å². The lowest BCUT2D eigenvalue weighted by Crippen LogP contribution is -2.15. The zero-order chi connectivity index (χ0) is 22.8. The van der Waals surface area contributed by atoms with Crippen LogP contribution in [0.2, 0.25) is 0 Å². The van der Waals surface area contributed by atoms with E-state index in [4.69, 9.17) is 10.5 Å². The van der Waals surface area contributed by atoms with Crippen LogP contribution in [-0.2, 0) is 24.9 Å². The van der Waals surface area contributed by atoms with Crippen molar-refractivity contribution in [3.05, 3.63) is 71.2 Å². The Labute approximate surface area is 184 Å². The van der Waals surface area contributed by atoms with E-state index in [2.05, 4.69) is 20.4 Å². The monoisotopic (exact) mass is 434 g/mol. The Morgan fingerprint density at radius 1 is 1.25 bits per heavy atom. The quantitative estimate of drug-likeness (QED) is 0.462. The fraction of sp³-hybridized carbons (Fsp3) is 0.217. The Hall–Kier alpha value is -3.85. The molecular formula is C23H23FN6O2. The fourth-order valence-corrected chi connectivity index (χ4v) is 3.63. The van der Waals surface area contributed by atoms with Crippen molar-refractivity contribution >= 4 is 22.5 Å². The molecular weight excluding hydrogens is 411 g/mol. The number of methoxy groups -OCH3 is 1. The van der Waals surface area contributed by atoms with Crippen LogP contribution in [0.1, 0.15) is 27.3 Å². The molecule has 0 saturated carbocycles. The molecule has 0 aliphatic heterocycles. The number of nitrogens with one attached hydrogen (secondary N) is 1. The predicted octanol–water partition coefficient (Wildman–Crippen LogP) is 3.34. The molecule has 3 aromatic heterocycles. The van der Waals surface area contributed by atoms with Crippen LogP contribution in [0.5, 0.6) is 0 Å². The number of benzene rings is 1. The minimum Gasteiger partial charge on any atom is -0.378 e. The van der Waals surface area contributed by atoms with Crippen molar-refractivity contribution in [2.75, 3.05) is 12.4 Å². The number of ether oxygens (including phenoxy) is 1. The van der Waals surface area contributed by atoms with E-state index in [9.17, 15) is 9.18 Å². The second-order valence-electron chi connectivity index (χ2n) is 7.52. The molecule has 4 rings (SSSR count). The standard InChI is InChI=1S/C23H23FN6O2/c1-13-11-30(2)29-21(13)10-28-22-17-6-16(14-4-5-15(12-32-3)26-8-14)19(24)7-20(17)27-9-18(22)23(25)31/h4-9,11H,10,12H2,1-3H3,(H2,25,31)(H,27,28). The van der Waals surface area contributed by atoms with Crippen LogP contribution in [0.25, 0.3) is 22.0 Å². The molecule has 8 nitrogen and oxygen atoms in total. The molecule has 32 heavy (non-hydrogen) atoms. The van der Waals surface area contributed by atoms with Gasteiger partial charge in [-0.05, 0) is 24.6 Å². The van der Waals surface area contributed by atoms with Crippen molar-refractivity contribution in [2.24, 2.45) is 12.8 Å². The molecule has 3 N–H and O–H groups in total. The number of aromatic nitrogens is 4. The highest BCUT2D eigenvalue weighted by Crippen LogP contribution is 2.33. The van der Waals surface area contributed by atoms with Crippen molar-refractivity contribution in [3.63, 3.8) is 0 Å². The first kappa shape index (κ1) is 21.4. The molecule has 3 heterocycles. The highest BCUT2D eigenvalue weighted by molar-refractivity contribution is 6.07. The molecule has 164 valence electrons. The molecule has 1 amide bonds. The number of hydrogen-bond acceptors (Lipinski definition) is 6. The van der Waals surface area contributed by atoms with Gasteiger partial charge in [-0.3, -0.25) is 19.4 Å². The van der Waals surface area contributed by atoms with Crippen LogP contribution >= 0.6 is 0 Å². The van der Waals surface area contributed by atoms with Gasteiger partial charge in [0.05, 0.1) is 41.3 Å². The van der Waals surface area contributed by atoms with Gasteiger partial charge < -0.3 is 15.8 Å². The Morgan fingerprint density at radius 3 is 2.69 bits per heavy atom. The normalized spacial score (nSPS) is 11.1. The smallest absolute Gasteiger partial charge is 0.252 e. The van der Waals surface area contributed by atoms with Gasteiger partial charge >= 0.3 is 0 Å². The Balaban J connectivity index is 1.81. The van der Waals surface area contributed by atoms with Gasteiger partial charge in [-0.25, -0.2) is 4.39 Å². The van der Waals surface area contributed by atoms with Crippen LogP contribution in [0, 0.1) is 12.7 Å².